The van der Waals surface area contributed by atoms with E-state index in [0.29, 0.717) is 11.1 Å². The summed E-state index contributed by atoms with van der Waals surface area (Å²) in [7, 11) is 0. The molecule has 18 heavy (non-hydrogen) atoms. The number of hydrogen-bond donors (Lipinski definition) is 1. The molecule has 0 saturated heterocycles. The van der Waals surface area contributed by atoms with Crippen LogP contribution in [0.5, 0.6) is 0 Å². The standard InChI is InChI=1S/C13H10ClF2NO/c14-13-7-9(3-4-17-13)12(18)6-8-1-2-10(15)11(16)5-8/h1-5,7,12,18H,6H2. The van der Waals surface area contributed by atoms with E-state index in [1.54, 1.807) is 6.07 Å². The second-order valence-corrected chi connectivity index (χ2v) is 4.27. The summed E-state index contributed by atoms with van der Waals surface area (Å²) < 4.78 is 25.8. The summed E-state index contributed by atoms with van der Waals surface area (Å²) in [4.78, 5) is 3.80. The van der Waals surface area contributed by atoms with E-state index in [1.165, 1.54) is 18.3 Å². The third kappa shape index (κ3) is 3.03. The summed E-state index contributed by atoms with van der Waals surface area (Å²) in [5.74, 6) is -1.83. The fraction of sp³-hybridized carbons (Fsp3) is 0.154. The molecule has 0 spiro atoms. The zero-order valence-corrected chi connectivity index (χ0v) is 10.0. The third-order valence-corrected chi connectivity index (χ3v) is 2.76. The molecule has 2 nitrogen and oxygen atoms in total. The van der Waals surface area contributed by atoms with Crippen molar-refractivity contribution in [1.82, 2.24) is 4.98 Å². The minimum Gasteiger partial charge on any atom is -0.388 e. The van der Waals surface area contributed by atoms with Crippen molar-refractivity contribution < 1.29 is 13.9 Å². The molecule has 0 bridgehead atoms. The minimum absolute atomic E-state index is 0.178. The van der Waals surface area contributed by atoms with Crippen LogP contribution < -0.4 is 0 Å². The van der Waals surface area contributed by atoms with Crippen molar-refractivity contribution in [3.63, 3.8) is 0 Å². The van der Waals surface area contributed by atoms with Crippen LogP contribution in [0.4, 0.5) is 8.78 Å². The lowest BCUT2D eigenvalue weighted by Crippen LogP contribution is -2.03. The average molecular weight is 270 g/mol. The normalized spacial score (nSPS) is 12.4. The Morgan fingerprint density at radius 3 is 2.61 bits per heavy atom. The summed E-state index contributed by atoms with van der Waals surface area (Å²) >= 11 is 5.71. The third-order valence-electron chi connectivity index (χ3n) is 2.55. The molecule has 1 aromatic heterocycles. The first-order chi connectivity index (χ1) is 8.56. The van der Waals surface area contributed by atoms with Crippen LogP contribution in [-0.4, -0.2) is 10.1 Å². The van der Waals surface area contributed by atoms with Crippen molar-refractivity contribution in [3.8, 4) is 0 Å². The Labute approximate surface area is 108 Å². The van der Waals surface area contributed by atoms with Crippen LogP contribution in [0.1, 0.15) is 17.2 Å². The molecule has 2 aromatic rings. The molecule has 0 aliphatic rings. The molecule has 1 unspecified atom stereocenters. The molecule has 5 heteroatoms. The lowest BCUT2D eigenvalue weighted by Gasteiger charge is -2.11. The molecule has 1 N–H and O–H groups in total. The van der Waals surface area contributed by atoms with E-state index in [4.69, 9.17) is 11.6 Å². The number of rotatable bonds is 3. The van der Waals surface area contributed by atoms with Crippen molar-refractivity contribution in [3.05, 3.63) is 64.4 Å². The Morgan fingerprint density at radius 1 is 1.17 bits per heavy atom. The highest BCUT2D eigenvalue weighted by Crippen LogP contribution is 2.21. The second kappa shape index (κ2) is 5.42. The van der Waals surface area contributed by atoms with Gasteiger partial charge in [0.2, 0.25) is 0 Å². The van der Waals surface area contributed by atoms with Gasteiger partial charge in [-0.25, -0.2) is 13.8 Å². The van der Waals surface area contributed by atoms with Gasteiger partial charge in [-0.3, -0.25) is 0 Å². The van der Waals surface area contributed by atoms with E-state index in [9.17, 15) is 13.9 Å². The topological polar surface area (TPSA) is 33.1 Å². The molecule has 0 fully saturated rings. The van der Waals surface area contributed by atoms with E-state index in [-0.39, 0.29) is 11.6 Å². The smallest absolute Gasteiger partial charge is 0.159 e. The van der Waals surface area contributed by atoms with E-state index in [1.807, 2.05) is 0 Å². The van der Waals surface area contributed by atoms with Gasteiger partial charge in [-0.2, -0.15) is 0 Å². The van der Waals surface area contributed by atoms with Crippen molar-refractivity contribution in [1.29, 1.82) is 0 Å². The zero-order valence-electron chi connectivity index (χ0n) is 9.28. The van der Waals surface area contributed by atoms with Gasteiger partial charge in [0, 0.05) is 12.6 Å². The molecular weight excluding hydrogens is 260 g/mol. The van der Waals surface area contributed by atoms with Crippen LogP contribution in [0.3, 0.4) is 0 Å². The van der Waals surface area contributed by atoms with E-state index in [2.05, 4.69) is 4.98 Å². The van der Waals surface area contributed by atoms with Gasteiger partial charge in [-0.1, -0.05) is 17.7 Å². The number of aliphatic hydroxyl groups excluding tert-OH is 1. The van der Waals surface area contributed by atoms with Gasteiger partial charge in [0.15, 0.2) is 11.6 Å². The summed E-state index contributed by atoms with van der Waals surface area (Å²) in [6.07, 6.45) is 0.819. The van der Waals surface area contributed by atoms with Crippen molar-refractivity contribution in [2.75, 3.05) is 0 Å². The Morgan fingerprint density at radius 2 is 1.94 bits per heavy atom. The van der Waals surface area contributed by atoms with Crippen LogP contribution >= 0.6 is 11.6 Å². The Hall–Kier alpha value is -1.52. The molecule has 94 valence electrons. The number of aliphatic hydroxyl groups is 1. The molecule has 0 aliphatic heterocycles. The summed E-state index contributed by atoms with van der Waals surface area (Å²) in [6, 6.07) is 6.70. The van der Waals surface area contributed by atoms with Crippen LogP contribution in [0.25, 0.3) is 0 Å². The molecule has 0 aliphatic carbocycles. The molecule has 0 saturated carbocycles. The first-order valence-corrected chi connectivity index (χ1v) is 5.67. The number of benzene rings is 1. The summed E-state index contributed by atoms with van der Waals surface area (Å²) in [6.45, 7) is 0. The van der Waals surface area contributed by atoms with Crippen LogP contribution in [-0.2, 0) is 6.42 Å². The highest BCUT2D eigenvalue weighted by atomic mass is 35.5. The lowest BCUT2D eigenvalue weighted by molar-refractivity contribution is 0.178. The van der Waals surface area contributed by atoms with Gasteiger partial charge in [0.05, 0.1) is 6.10 Å². The van der Waals surface area contributed by atoms with E-state index < -0.39 is 17.7 Å². The number of hydrogen-bond acceptors (Lipinski definition) is 2. The summed E-state index contributed by atoms with van der Waals surface area (Å²) in [5, 5.41) is 10.2. The number of halogens is 3. The highest BCUT2D eigenvalue weighted by molar-refractivity contribution is 6.29. The fourth-order valence-corrected chi connectivity index (χ4v) is 1.81. The monoisotopic (exact) mass is 269 g/mol. The van der Waals surface area contributed by atoms with Crippen molar-refractivity contribution >= 4 is 11.6 Å². The van der Waals surface area contributed by atoms with Gasteiger partial charge in [0.1, 0.15) is 5.15 Å². The first kappa shape index (κ1) is 12.9. The molecule has 0 radical (unpaired) electrons. The predicted molar refractivity (Wildman–Crippen MR) is 64.3 cm³/mol. The van der Waals surface area contributed by atoms with Crippen LogP contribution in [0.2, 0.25) is 5.15 Å². The van der Waals surface area contributed by atoms with Gasteiger partial charge >= 0.3 is 0 Å². The molecular formula is C13H10ClF2NO. The Bertz CT molecular complexity index is 562. The fourth-order valence-electron chi connectivity index (χ4n) is 1.63. The molecule has 2 rings (SSSR count). The van der Waals surface area contributed by atoms with Gasteiger partial charge in [-0.15, -0.1) is 0 Å². The Balaban J connectivity index is 2.16. The quantitative estimate of drug-likeness (QED) is 0.868. The first-order valence-electron chi connectivity index (χ1n) is 5.29. The van der Waals surface area contributed by atoms with Crippen LogP contribution in [0.15, 0.2) is 36.5 Å². The largest absolute Gasteiger partial charge is 0.388 e. The number of pyridine rings is 1. The lowest BCUT2D eigenvalue weighted by atomic mass is 10.0. The van der Waals surface area contributed by atoms with E-state index >= 15 is 0 Å². The molecule has 0 amide bonds. The maximum Gasteiger partial charge on any atom is 0.159 e. The van der Waals surface area contributed by atoms with Crippen molar-refractivity contribution in [2.24, 2.45) is 0 Å². The second-order valence-electron chi connectivity index (χ2n) is 3.88. The molecule has 1 atom stereocenters. The van der Waals surface area contributed by atoms with Gasteiger partial charge < -0.3 is 5.11 Å². The summed E-state index contributed by atoms with van der Waals surface area (Å²) in [5.41, 5.74) is 1.09. The van der Waals surface area contributed by atoms with Gasteiger partial charge in [0.25, 0.3) is 0 Å². The average Bonchev–Trinajstić information content (AvgIpc) is 2.34. The Kier molecular flexibility index (Phi) is 3.89. The van der Waals surface area contributed by atoms with Crippen molar-refractivity contribution in [2.45, 2.75) is 12.5 Å². The predicted octanol–water partition coefficient (Wildman–Crippen LogP) is 3.29. The SMILES string of the molecule is OC(Cc1ccc(F)c(F)c1)c1ccnc(Cl)c1. The van der Waals surface area contributed by atoms with Crippen LogP contribution in [0, 0.1) is 11.6 Å². The zero-order chi connectivity index (χ0) is 13.1. The highest BCUT2D eigenvalue weighted by Gasteiger charge is 2.11. The number of nitrogens with zero attached hydrogens (tertiary/aromatic N) is 1. The number of aromatic nitrogens is 1. The minimum atomic E-state index is -0.924. The van der Waals surface area contributed by atoms with E-state index in [0.717, 1.165) is 12.1 Å². The maximum atomic E-state index is 13.0. The van der Waals surface area contributed by atoms with Gasteiger partial charge in [-0.05, 0) is 35.4 Å². The molecule has 1 aromatic carbocycles. The maximum absolute atomic E-state index is 13.0. The molecule has 1 heterocycles.